The first-order chi connectivity index (χ1) is 9.37. The Morgan fingerprint density at radius 1 is 1.30 bits per heavy atom. The molecule has 2 aromatic rings. The van der Waals surface area contributed by atoms with Gasteiger partial charge in [-0.25, -0.2) is 4.98 Å². The van der Waals surface area contributed by atoms with Crippen molar-refractivity contribution in [3.63, 3.8) is 0 Å². The number of hydrogen-bond acceptors (Lipinski definition) is 3. The molecule has 0 amide bonds. The maximum absolute atomic E-state index is 5.84. The highest BCUT2D eigenvalue weighted by molar-refractivity contribution is 9.10. The lowest BCUT2D eigenvalue weighted by molar-refractivity contribution is 0.412. The van der Waals surface area contributed by atoms with Gasteiger partial charge in [0.2, 0.25) is 0 Å². The van der Waals surface area contributed by atoms with Crippen molar-refractivity contribution in [1.29, 1.82) is 0 Å². The van der Waals surface area contributed by atoms with E-state index in [4.69, 9.17) is 4.42 Å². The van der Waals surface area contributed by atoms with E-state index in [2.05, 4.69) is 60.0 Å². The summed E-state index contributed by atoms with van der Waals surface area (Å²) < 4.78 is 6.90. The van der Waals surface area contributed by atoms with Gasteiger partial charge in [0.05, 0.1) is 6.20 Å². The Morgan fingerprint density at radius 3 is 2.75 bits per heavy atom. The van der Waals surface area contributed by atoms with Gasteiger partial charge in [-0.1, -0.05) is 18.2 Å². The zero-order valence-electron chi connectivity index (χ0n) is 12.5. The Hall–Kier alpha value is -1.13. The maximum Gasteiger partial charge on any atom is 0.196 e. The molecule has 0 radical (unpaired) electrons. The number of benzene rings is 1. The summed E-state index contributed by atoms with van der Waals surface area (Å²) in [7, 11) is 0. The lowest BCUT2D eigenvalue weighted by atomic mass is 10.1. The Balaban J connectivity index is 2.07. The zero-order valence-corrected chi connectivity index (χ0v) is 14.0. The largest absolute Gasteiger partial charge is 0.441 e. The van der Waals surface area contributed by atoms with E-state index < -0.39 is 0 Å². The molecule has 0 unspecified atom stereocenters. The topological polar surface area (TPSA) is 38.1 Å². The van der Waals surface area contributed by atoms with Gasteiger partial charge in [0.25, 0.3) is 0 Å². The Labute approximate surface area is 128 Å². The SMILES string of the molecule is Cc1cccc(-c2cnc(CCNC(C)(C)C)o2)c1Br. The highest BCUT2D eigenvalue weighted by atomic mass is 79.9. The van der Waals surface area contributed by atoms with E-state index in [-0.39, 0.29) is 5.54 Å². The maximum atomic E-state index is 5.84. The van der Waals surface area contributed by atoms with Gasteiger partial charge < -0.3 is 9.73 Å². The van der Waals surface area contributed by atoms with Gasteiger partial charge >= 0.3 is 0 Å². The van der Waals surface area contributed by atoms with Crippen LogP contribution in [0.2, 0.25) is 0 Å². The standard InChI is InChI=1S/C16H21BrN2O/c1-11-6-5-7-12(15(11)17)13-10-18-14(20-13)8-9-19-16(2,3)4/h5-7,10,19H,8-9H2,1-4H3. The molecule has 0 aliphatic carbocycles. The van der Waals surface area contributed by atoms with Crippen LogP contribution in [0.3, 0.4) is 0 Å². The van der Waals surface area contributed by atoms with Crippen molar-refractivity contribution in [3.8, 4) is 11.3 Å². The molecular formula is C16H21BrN2O. The van der Waals surface area contributed by atoms with Crippen molar-refractivity contribution in [3.05, 3.63) is 40.3 Å². The third-order valence-electron chi connectivity index (χ3n) is 3.01. The monoisotopic (exact) mass is 336 g/mol. The highest BCUT2D eigenvalue weighted by Crippen LogP contribution is 2.31. The van der Waals surface area contributed by atoms with E-state index in [0.29, 0.717) is 0 Å². The second-order valence-corrected chi connectivity index (χ2v) is 6.77. The van der Waals surface area contributed by atoms with Crippen LogP contribution < -0.4 is 5.32 Å². The number of aromatic nitrogens is 1. The van der Waals surface area contributed by atoms with Crippen LogP contribution in [0.4, 0.5) is 0 Å². The molecule has 20 heavy (non-hydrogen) atoms. The summed E-state index contributed by atoms with van der Waals surface area (Å²) in [5.74, 6) is 1.58. The van der Waals surface area contributed by atoms with Crippen LogP contribution in [0.5, 0.6) is 0 Å². The van der Waals surface area contributed by atoms with E-state index in [9.17, 15) is 0 Å². The second-order valence-electron chi connectivity index (χ2n) is 5.98. The van der Waals surface area contributed by atoms with Crippen molar-refractivity contribution in [2.45, 2.75) is 39.7 Å². The van der Waals surface area contributed by atoms with Crippen molar-refractivity contribution in [2.24, 2.45) is 0 Å². The molecule has 1 aromatic carbocycles. The zero-order chi connectivity index (χ0) is 14.8. The highest BCUT2D eigenvalue weighted by Gasteiger charge is 2.12. The summed E-state index contributed by atoms with van der Waals surface area (Å²) in [6, 6.07) is 6.13. The molecule has 1 N–H and O–H groups in total. The third kappa shape index (κ3) is 3.93. The molecule has 1 aromatic heterocycles. The van der Waals surface area contributed by atoms with Gasteiger partial charge in [0, 0.05) is 28.5 Å². The first kappa shape index (κ1) is 15.3. The Bertz CT molecular complexity index is 584. The van der Waals surface area contributed by atoms with E-state index in [1.807, 2.05) is 12.1 Å². The van der Waals surface area contributed by atoms with Crippen molar-refractivity contribution >= 4 is 15.9 Å². The predicted octanol–water partition coefficient (Wildman–Crippen LogP) is 4.34. The minimum absolute atomic E-state index is 0.120. The first-order valence-electron chi connectivity index (χ1n) is 6.82. The molecule has 0 saturated heterocycles. The molecule has 0 atom stereocenters. The van der Waals surface area contributed by atoms with Crippen LogP contribution in [0.1, 0.15) is 32.2 Å². The van der Waals surface area contributed by atoms with Gasteiger partial charge in [0.1, 0.15) is 0 Å². The lowest BCUT2D eigenvalue weighted by Crippen LogP contribution is -2.37. The third-order valence-corrected chi connectivity index (χ3v) is 4.06. The number of oxazole rings is 1. The summed E-state index contributed by atoms with van der Waals surface area (Å²) >= 11 is 3.60. The molecule has 0 fully saturated rings. The number of halogens is 1. The van der Waals surface area contributed by atoms with Crippen LogP contribution in [0.25, 0.3) is 11.3 Å². The molecular weight excluding hydrogens is 316 g/mol. The van der Waals surface area contributed by atoms with Crippen molar-refractivity contribution in [1.82, 2.24) is 10.3 Å². The molecule has 0 bridgehead atoms. The van der Waals surface area contributed by atoms with E-state index in [0.717, 1.165) is 34.7 Å². The number of nitrogens with one attached hydrogen (secondary N) is 1. The Kier molecular flexibility index (Phi) is 4.66. The summed E-state index contributed by atoms with van der Waals surface area (Å²) in [5, 5.41) is 3.43. The van der Waals surface area contributed by atoms with E-state index in [1.165, 1.54) is 5.56 Å². The normalized spacial score (nSPS) is 11.8. The van der Waals surface area contributed by atoms with E-state index in [1.54, 1.807) is 6.20 Å². The molecule has 2 rings (SSSR count). The van der Waals surface area contributed by atoms with Crippen LogP contribution in [0.15, 0.2) is 33.3 Å². The molecule has 0 aliphatic heterocycles. The number of aryl methyl sites for hydroxylation is 1. The van der Waals surface area contributed by atoms with Gasteiger partial charge in [0.15, 0.2) is 11.7 Å². The average Bonchev–Trinajstić information content (AvgIpc) is 2.79. The van der Waals surface area contributed by atoms with Gasteiger partial charge in [-0.05, 0) is 49.2 Å². The fourth-order valence-electron chi connectivity index (χ4n) is 1.93. The van der Waals surface area contributed by atoms with Crippen molar-refractivity contribution in [2.75, 3.05) is 6.54 Å². The minimum Gasteiger partial charge on any atom is -0.441 e. The Morgan fingerprint density at radius 2 is 2.05 bits per heavy atom. The second kappa shape index (κ2) is 6.10. The summed E-state index contributed by atoms with van der Waals surface area (Å²) in [5.41, 5.74) is 2.36. The molecule has 1 heterocycles. The summed E-state index contributed by atoms with van der Waals surface area (Å²) in [6.45, 7) is 9.38. The number of rotatable bonds is 4. The average molecular weight is 337 g/mol. The minimum atomic E-state index is 0.120. The van der Waals surface area contributed by atoms with Gasteiger partial charge in [-0.3, -0.25) is 0 Å². The molecule has 108 valence electrons. The number of nitrogens with zero attached hydrogens (tertiary/aromatic N) is 1. The predicted molar refractivity (Wildman–Crippen MR) is 85.8 cm³/mol. The van der Waals surface area contributed by atoms with E-state index >= 15 is 0 Å². The first-order valence-corrected chi connectivity index (χ1v) is 7.61. The fourth-order valence-corrected chi connectivity index (χ4v) is 2.39. The fraction of sp³-hybridized carbons (Fsp3) is 0.438. The van der Waals surface area contributed by atoms with Crippen LogP contribution in [0, 0.1) is 6.92 Å². The quantitative estimate of drug-likeness (QED) is 0.902. The molecule has 0 aliphatic rings. The number of hydrogen-bond donors (Lipinski definition) is 1. The summed E-state index contributed by atoms with van der Waals surface area (Å²) in [6.07, 6.45) is 2.59. The van der Waals surface area contributed by atoms with Gasteiger partial charge in [-0.2, -0.15) is 0 Å². The van der Waals surface area contributed by atoms with Crippen LogP contribution in [-0.2, 0) is 6.42 Å². The molecule has 4 heteroatoms. The molecule has 3 nitrogen and oxygen atoms in total. The van der Waals surface area contributed by atoms with Crippen molar-refractivity contribution < 1.29 is 4.42 Å². The smallest absolute Gasteiger partial charge is 0.196 e. The van der Waals surface area contributed by atoms with Gasteiger partial charge in [-0.15, -0.1) is 0 Å². The molecule has 0 saturated carbocycles. The lowest BCUT2D eigenvalue weighted by Gasteiger charge is -2.19. The molecule has 0 spiro atoms. The summed E-state index contributed by atoms with van der Waals surface area (Å²) in [4.78, 5) is 4.36. The van der Waals surface area contributed by atoms with Crippen LogP contribution >= 0.6 is 15.9 Å². The van der Waals surface area contributed by atoms with Crippen LogP contribution in [-0.4, -0.2) is 17.1 Å².